The quantitative estimate of drug-likeness (QED) is 0.661. The van der Waals surface area contributed by atoms with Crippen molar-refractivity contribution in [2.24, 2.45) is 0 Å². The molecule has 3 aromatic rings. The average molecular weight is 365 g/mol. The highest BCUT2D eigenvalue weighted by molar-refractivity contribution is 7.12. The molecule has 0 saturated heterocycles. The first kappa shape index (κ1) is 16.6. The molecule has 4 rings (SSSR count). The summed E-state index contributed by atoms with van der Waals surface area (Å²) in [6.07, 6.45) is 1.85. The van der Waals surface area contributed by atoms with Gasteiger partial charge in [0.1, 0.15) is 5.75 Å². The first-order valence-electron chi connectivity index (χ1n) is 8.53. The fourth-order valence-electron chi connectivity index (χ4n) is 3.01. The molecule has 1 aliphatic rings. The fraction of sp³-hybridized carbons (Fsp3) is 0.200. The molecular weight excluding hydrogens is 346 g/mol. The van der Waals surface area contributed by atoms with Crippen LogP contribution in [0.1, 0.15) is 16.6 Å². The van der Waals surface area contributed by atoms with E-state index in [0.29, 0.717) is 19.8 Å². The number of hydrogen-bond acceptors (Lipinski definition) is 6. The summed E-state index contributed by atoms with van der Waals surface area (Å²) in [5, 5.41) is 5.18. The molecule has 0 fully saturated rings. The summed E-state index contributed by atoms with van der Waals surface area (Å²) in [5.74, 6) is 1.78. The van der Waals surface area contributed by atoms with E-state index in [1.807, 2.05) is 59.8 Å². The summed E-state index contributed by atoms with van der Waals surface area (Å²) in [6.45, 7) is 3.53. The number of anilines is 2. The van der Waals surface area contributed by atoms with Gasteiger partial charge in [-0.2, -0.15) is 0 Å². The summed E-state index contributed by atoms with van der Waals surface area (Å²) >= 11 is 1.48. The summed E-state index contributed by atoms with van der Waals surface area (Å²) in [5.41, 5.74) is 3.00. The first-order valence-corrected chi connectivity index (χ1v) is 9.41. The highest BCUT2D eigenvalue weighted by Crippen LogP contribution is 2.34. The number of ether oxygens (including phenoxy) is 1. The number of benzene rings is 1. The third-order valence-corrected chi connectivity index (χ3v) is 5.17. The molecule has 0 saturated carbocycles. The van der Waals surface area contributed by atoms with Crippen molar-refractivity contribution in [3.8, 4) is 16.9 Å². The molecule has 5 nitrogen and oxygen atoms in total. The monoisotopic (exact) mass is 365 g/mol. The Morgan fingerprint density at radius 3 is 3.00 bits per heavy atom. The Hall–Kier alpha value is -2.86. The smallest absolute Gasteiger partial charge is 0.192 e. The minimum absolute atomic E-state index is 0.124. The van der Waals surface area contributed by atoms with Crippen molar-refractivity contribution < 1.29 is 9.53 Å². The van der Waals surface area contributed by atoms with E-state index in [4.69, 9.17) is 4.74 Å². The van der Waals surface area contributed by atoms with Crippen molar-refractivity contribution >= 4 is 28.6 Å². The minimum Gasteiger partial charge on any atom is -0.494 e. The highest BCUT2D eigenvalue weighted by Gasteiger charge is 2.23. The van der Waals surface area contributed by atoms with Crippen LogP contribution in [0.4, 0.5) is 11.5 Å². The first-order chi connectivity index (χ1) is 12.7. The molecule has 0 bridgehead atoms. The van der Waals surface area contributed by atoms with Crippen LogP contribution in [0.3, 0.4) is 0 Å². The lowest BCUT2D eigenvalue weighted by Crippen LogP contribution is -2.29. The van der Waals surface area contributed by atoms with Gasteiger partial charge in [0, 0.05) is 11.8 Å². The van der Waals surface area contributed by atoms with Crippen molar-refractivity contribution in [3.05, 3.63) is 58.9 Å². The number of fused-ring (bicyclic) bond motifs is 1. The number of nitrogens with one attached hydrogen (secondary N) is 1. The molecule has 26 heavy (non-hydrogen) atoms. The number of thiophene rings is 1. The van der Waals surface area contributed by atoms with Crippen LogP contribution in [0.15, 0.2) is 54.0 Å². The topological polar surface area (TPSA) is 54.5 Å². The van der Waals surface area contributed by atoms with Gasteiger partial charge in [0.25, 0.3) is 0 Å². The van der Waals surface area contributed by atoms with Crippen LogP contribution in [-0.2, 0) is 0 Å². The Morgan fingerprint density at radius 1 is 1.27 bits per heavy atom. The second-order valence-corrected chi connectivity index (χ2v) is 6.93. The van der Waals surface area contributed by atoms with Gasteiger partial charge in [-0.1, -0.05) is 18.2 Å². The number of nitrogens with zero attached hydrogens (tertiary/aromatic N) is 2. The minimum atomic E-state index is 0.124. The largest absolute Gasteiger partial charge is 0.494 e. The number of hydrogen-bond donors (Lipinski definition) is 1. The molecule has 2 aromatic heterocycles. The molecule has 0 spiro atoms. The third-order valence-electron chi connectivity index (χ3n) is 4.25. The molecule has 0 radical (unpaired) electrons. The Bertz CT molecular complexity index is 925. The van der Waals surface area contributed by atoms with Gasteiger partial charge in [-0.05, 0) is 42.1 Å². The number of carbonyl (C=O) groups excluding carboxylic acids is 1. The second-order valence-electron chi connectivity index (χ2n) is 5.99. The van der Waals surface area contributed by atoms with Crippen molar-refractivity contribution in [1.82, 2.24) is 4.98 Å². The van der Waals surface area contributed by atoms with Gasteiger partial charge in [-0.3, -0.25) is 4.79 Å². The Labute approximate surface area is 156 Å². The normalized spacial score (nSPS) is 12.6. The van der Waals surface area contributed by atoms with E-state index >= 15 is 0 Å². The molecule has 132 valence electrons. The lowest BCUT2D eigenvalue weighted by atomic mass is 10.1. The predicted molar refractivity (Wildman–Crippen MR) is 105 cm³/mol. The Morgan fingerprint density at radius 2 is 2.19 bits per heavy atom. The number of ketones is 1. The van der Waals surface area contributed by atoms with Crippen LogP contribution in [0.5, 0.6) is 5.75 Å². The van der Waals surface area contributed by atoms with E-state index in [-0.39, 0.29) is 5.78 Å². The summed E-state index contributed by atoms with van der Waals surface area (Å²) < 4.78 is 5.59. The van der Waals surface area contributed by atoms with Gasteiger partial charge in [-0.15, -0.1) is 11.3 Å². The van der Waals surface area contributed by atoms with E-state index in [0.717, 1.165) is 33.3 Å². The zero-order chi connectivity index (χ0) is 17.9. The van der Waals surface area contributed by atoms with E-state index in [1.165, 1.54) is 11.3 Å². The summed E-state index contributed by atoms with van der Waals surface area (Å²) in [6, 6.07) is 13.8. The molecule has 3 heterocycles. The van der Waals surface area contributed by atoms with Crippen molar-refractivity contribution in [2.45, 2.75) is 6.92 Å². The SMILES string of the molecule is CCOc1cccc(-c2cnc3c(c2)N(CC(=O)c2cccs2)CN3)c1. The van der Waals surface area contributed by atoms with Crippen molar-refractivity contribution in [3.63, 3.8) is 0 Å². The van der Waals surface area contributed by atoms with Crippen LogP contribution >= 0.6 is 11.3 Å². The summed E-state index contributed by atoms with van der Waals surface area (Å²) in [7, 11) is 0. The van der Waals surface area contributed by atoms with E-state index < -0.39 is 0 Å². The molecule has 1 N–H and O–H groups in total. The van der Waals surface area contributed by atoms with Gasteiger partial charge in [0.05, 0.1) is 30.4 Å². The van der Waals surface area contributed by atoms with Gasteiger partial charge < -0.3 is 15.0 Å². The molecule has 6 heteroatoms. The lowest BCUT2D eigenvalue weighted by Gasteiger charge is -2.17. The van der Waals surface area contributed by atoms with Gasteiger partial charge in [0.2, 0.25) is 0 Å². The fourth-order valence-corrected chi connectivity index (χ4v) is 3.66. The number of carbonyl (C=O) groups is 1. The molecule has 0 aliphatic carbocycles. The van der Waals surface area contributed by atoms with Crippen LogP contribution in [0.2, 0.25) is 0 Å². The zero-order valence-corrected chi connectivity index (χ0v) is 15.3. The van der Waals surface area contributed by atoms with Crippen molar-refractivity contribution in [2.75, 3.05) is 30.0 Å². The zero-order valence-electron chi connectivity index (χ0n) is 14.4. The van der Waals surface area contributed by atoms with Crippen LogP contribution < -0.4 is 15.0 Å². The lowest BCUT2D eigenvalue weighted by molar-refractivity contribution is 0.100. The van der Waals surface area contributed by atoms with Crippen LogP contribution in [0, 0.1) is 0 Å². The number of aromatic nitrogens is 1. The maximum absolute atomic E-state index is 12.4. The molecule has 1 aliphatic heterocycles. The van der Waals surface area contributed by atoms with Crippen molar-refractivity contribution in [1.29, 1.82) is 0 Å². The van der Waals surface area contributed by atoms with Crippen LogP contribution in [0.25, 0.3) is 11.1 Å². The summed E-state index contributed by atoms with van der Waals surface area (Å²) in [4.78, 5) is 19.8. The molecule has 1 aromatic carbocycles. The number of pyridine rings is 1. The van der Waals surface area contributed by atoms with Gasteiger partial charge >= 0.3 is 0 Å². The van der Waals surface area contributed by atoms with E-state index in [1.54, 1.807) is 0 Å². The Kier molecular flexibility index (Phi) is 4.58. The van der Waals surface area contributed by atoms with Gasteiger partial charge in [-0.25, -0.2) is 4.98 Å². The standard InChI is InChI=1S/C20H19N3O2S/c1-2-25-16-6-3-5-14(9-16)15-10-17-20(21-11-15)22-13-23(17)12-18(24)19-7-4-8-26-19/h3-11H,2,12-13H2,1H3,(H,21,22). The maximum Gasteiger partial charge on any atom is 0.192 e. The molecule has 0 unspecified atom stereocenters. The number of rotatable bonds is 6. The highest BCUT2D eigenvalue weighted by atomic mass is 32.1. The van der Waals surface area contributed by atoms with E-state index in [2.05, 4.69) is 16.4 Å². The third kappa shape index (κ3) is 3.28. The Balaban J connectivity index is 1.60. The molecule has 0 atom stereocenters. The predicted octanol–water partition coefficient (Wildman–Crippen LogP) is 4.28. The molecular formula is C20H19N3O2S. The van der Waals surface area contributed by atoms with Crippen LogP contribution in [-0.4, -0.2) is 30.6 Å². The van der Waals surface area contributed by atoms with E-state index in [9.17, 15) is 4.79 Å². The number of Topliss-reactive ketones (excluding diaryl/α,β-unsaturated/α-hetero) is 1. The molecule has 0 amide bonds. The average Bonchev–Trinajstić information content (AvgIpc) is 3.32. The van der Waals surface area contributed by atoms with Gasteiger partial charge in [0.15, 0.2) is 11.6 Å². The second kappa shape index (κ2) is 7.17. The maximum atomic E-state index is 12.4.